The van der Waals surface area contributed by atoms with E-state index in [0.29, 0.717) is 5.92 Å². The molecule has 0 heterocycles. The van der Waals surface area contributed by atoms with Crippen molar-refractivity contribution < 1.29 is 0 Å². The topological polar surface area (TPSA) is 26.0 Å². The lowest BCUT2D eigenvalue weighted by molar-refractivity contribution is 0.514. The minimum absolute atomic E-state index is 0.0771. The van der Waals surface area contributed by atoms with Gasteiger partial charge in [0.2, 0.25) is 0 Å². The van der Waals surface area contributed by atoms with E-state index in [4.69, 9.17) is 12.2 Å². The summed E-state index contributed by atoms with van der Waals surface area (Å²) >= 11 is 0. The fourth-order valence-electron chi connectivity index (χ4n) is 1.22. The summed E-state index contributed by atoms with van der Waals surface area (Å²) in [5.41, 5.74) is 8.01. The first-order chi connectivity index (χ1) is 6.15. The lowest BCUT2D eigenvalue weighted by Gasteiger charge is -2.15. The maximum absolute atomic E-state index is 5.99. The van der Waals surface area contributed by atoms with Crippen molar-refractivity contribution in [3.05, 3.63) is 35.4 Å². The second kappa shape index (κ2) is 4.11. The maximum Gasteiger partial charge on any atom is 0.0318 e. The maximum atomic E-state index is 5.99. The molecule has 0 saturated carbocycles. The van der Waals surface area contributed by atoms with Crippen molar-refractivity contribution in [3.63, 3.8) is 0 Å². The number of nitrogens with two attached hydrogens (primary N) is 1. The third-order valence-corrected chi connectivity index (χ3v) is 2.16. The van der Waals surface area contributed by atoms with Gasteiger partial charge in [0.1, 0.15) is 0 Å². The van der Waals surface area contributed by atoms with E-state index in [0.717, 1.165) is 11.1 Å². The summed E-state index contributed by atoms with van der Waals surface area (Å²) in [4.78, 5) is 0. The van der Waals surface area contributed by atoms with Crippen molar-refractivity contribution in [3.8, 4) is 12.3 Å². The summed E-state index contributed by atoms with van der Waals surface area (Å²) in [5, 5.41) is 0. The van der Waals surface area contributed by atoms with E-state index in [-0.39, 0.29) is 6.04 Å². The van der Waals surface area contributed by atoms with Gasteiger partial charge in [0.15, 0.2) is 0 Å². The van der Waals surface area contributed by atoms with Gasteiger partial charge in [-0.15, -0.1) is 6.42 Å². The van der Waals surface area contributed by atoms with Gasteiger partial charge < -0.3 is 5.73 Å². The molecule has 1 aromatic carbocycles. The average molecular weight is 173 g/mol. The van der Waals surface area contributed by atoms with Crippen LogP contribution in [0.5, 0.6) is 0 Å². The number of rotatable bonds is 2. The molecule has 2 N–H and O–H groups in total. The molecule has 0 bridgehead atoms. The van der Waals surface area contributed by atoms with Crippen LogP contribution in [0.3, 0.4) is 0 Å². The van der Waals surface area contributed by atoms with Crippen LogP contribution in [0.15, 0.2) is 24.3 Å². The Morgan fingerprint density at radius 3 is 2.62 bits per heavy atom. The van der Waals surface area contributed by atoms with Crippen molar-refractivity contribution in [2.75, 3.05) is 0 Å². The average Bonchev–Trinajstić information content (AvgIpc) is 2.16. The number of hydrogen-bond acceptors (Lipinski definition) is 1. The van der Waals surface area contributed by atoms with Crippen LogP contribution in [0.4, 0.5) is 0 Å². The van der Waals surface area contributed by atoms with Crippen molar-refractivity contribution in [1.82, 2.24) is 0 Å². The highest BCUT2D eigenvalue weighted by molar-refractivity contribution is 5.36. The van der Waals surface area contributed by atoms with Crippen molar-refractivity contribution >= 4 is 0 Å². The van der Waals surface area contributed by atoms with Crippen LogP contribution in [0.2, 0.25) is 0 Å². The smallest absolute Gasteiger partial charge is 0.0318 e. The first-order valence-corrected chi connectivity index (χ1v) is 4.47. The Kier molecular flexibility index (Phi) is 3.11. The van der Waals surface area contributed by atoms with Gasteiger partial charge in [-0.3, -0.25) is 0 Å². The van der Waals surface area contributed by atoms with E-state index in [9.17, 15) is 0 Å². The molecule has 0 saturated heterocycles. The highest BCUT2D eigenvalue weighted by Gasteiger charge is 2.09. The summed E-state index contributed by atoms with van der Waals surface area (Å²) in [6, 6.07) is 7.94. The molecule has 1 nitrogen and oxygen atoms in total. The Balaban J connectivity index is 2.96. The molecule has 0 fully saturated rings. The Morgan fingerprint density at radius 1 is 1.38 bits per heavy atom. The van der Waals surface area contributed by atoms with Crippen LogP contribution in [0, 0.1) is 18.3 Å². The molecule has 13 heavy (non-hydrogen) atoms. The number of benzene rings is 1. The number of terminal acetylenes is 1. The molecule has 0 radical (unpaired) electrons. The zero-order valence-corrected chi connectivity index (χ0v) is 8.12. The van der Waals surface area contributed by atoms with E-state index in [1.54, 1.807) is 0 Å². The van der Waals surface area contributed by atoms with Crippen molar-refractivity contribution in [2.45, 2.75) is 19.9 Å². The lowest BCUT2D eigenvalue weighted by atomic mass is 9.96. The molecule has 1 atom stereocenters. The molecule has 0 aliphatic rings. The van der Waals surface area contributed by atoms with E-state index in [1.165, 1.54) is 0 Å². The SMILES string of the molecule is C#Cc1cccc([C@H](N)C(C)C)c1. The zero-order valence-electron chi connectivity index (χ0n) is 8.12. The van der Waals surface area contributed by atoms with Crippen molar-refractivity contribution in [1.29, 1.82) is 0 Å². The molecule has 1 heteroatoms. The van der Waals surface area contributed by atoms with E-state index in [1.807, 2.05) is 24.3 Å². The number of hydrogen-bond donors (Lipinski definition) is 1. The van der Waals surface area contributed by atoms with E-state index in [2.05, 4.69) is 19.8 Å². The molecule has 0 spiro atoms. The second-order valence-electron chi connectivity index (χ2n) is 3.54. The first kappa shape index (κ1) is 9.83. The Hall–Kier alpha value is -1.26. The minimum Gasteiger partial charge on any atom is -0.324 e. The van der Waals surface area contributed by atoms with Gasteiger partial charge in [0.05, 0.1) is 0 Å². The molecule has 0 aromatic heterocycles. The van der Waals surface area contributed by atoms with Gasteiger partial charge >= 0.3 is 0 Å². The summed E-state index contributed by atoms with van der Waals surface area (Å²) in [7, 11) is 0. The largest absolute Gasteiger partial charge is 0.324 e. The molecule has 1 aromatic rings. The van der Waals surface area contributed by atoms with Gasteiger partial charge in [0.25, 0.3) is 0 Å². The molecule has 0 aliphatic heterocycles. The predicted molar refractivity (Wildman–Crippen MR) is 56.1 cm³/mol. The quantitative estimate of drug-likeness (QED) is 0.682. The minimum atomic E-state index is 0.0771. The van der Waals surface area contributed by atoms with Gasteiger partial charge in [0, 0.05) is 11.6 Å². The van der Waals surface area contributed by atoms with Crippen LogP contribution in [-0.2, 0) is 0 Å². The molecule has 0 aliphatic carbocycles. The lowest BCUT2D eigenvalue weighted by Crippen LogP contribution is -2.16. The van der Waals surface area contributed by atoms with Crippen LogP contribution < -0.4 is 5.73 Å². The molecular weight excluding hydrogens is 158 g/mol. The fourth-order valence-corrected chi connectivity index (χ4v) is 1.22. The molecule has 0 unspecified atom stereocenters. The second-order valence-corrected chi connectivity index (χ2v) is 3.54. The van der Waals surface area contributed by atoms with Crippen molar-refractivity contribution in [2.24, 2.45) is 11.7 Å². The van der Waals surface area contributed by atoms with Crippen LogP contribution in [0.1, 0.15) is 31.0 Å². The Morgan fingerprint density at radius 2 is 2.08 bits per heavy atom. The summed E-state index contributed by atoms with van der Waals surface area (Å²) in [6.45, 7) is 4.21. The standard InChI is InChI=1S/C12H15N/c1-4-10-6-5-7-11(8-10)12(13)9(2)3/h1,5-9,12H,13H2,2-3H3/t12-/m1/s1. The molecule has 1 rings (SSSR count). The molecule has 0 amide bonds. The van der Waals surface area contributed by atoms with Gasteiger partial charge in [-0.05, 0) is 23.6 Å². The molecule has 68 valence electrons. The summed E-state index contributed by atoms with van der Waals surface area (Å²) < 4.78 is 0. The normalized spacial score (nSPS) is 12.5. The highest BCUT2D eigenvalue weighted by Crippen LogP contribution is 2.19. The van der Waals surface area contributed by atoms with Crippen LogP contribution in [-0.4, -0.2) is 0 Å². The highest BCUT2D eigenvalue weighted by atomic mass is 14.6. The van der Waals surface area contributed by atoms with Gasteiger partial charge in [-0.25, -0.2) is 0 Å². The van der Waals surface area contributed by atoms with Crippen LogP contribution >= 0.6 is 0 Å². The van der Waals surface area contributed by atoms with E-state index < -0.39 is 0 Å². The molecular formula is C12H15N. The van der Waals surface area contributed by atoms with E-state index >= 15 is 0 Å². The zero-order chi connectivity index (χ0) is 9.84. The summed E-state index contributed by atoms with van der Waals surface area (Å²) in [5.74, 6) is 3.04. The summed E-state index contributed by atoms with van der Waals surface area (Å²) in [6.07, 6.45) is 5.30. The Bertz CT molecular complexity index is 320. The predicted octanol–water partition coefficient (Wildman–Crippen LogP) is 2.32. The van der Waals surface area contributed by atoms with Gasteiger partial charge in [-0.1, -0.05) is 31.9 Å². The third kappa shape index (κ3) is 2.34. The monoisotopic (exact) mass is 173 g/mol. The third-order valence-electron chi connectivity index (χ3n) is 2.16. The fraction of sp³-hybridized carbons (Fsp3) is 0.333. The van der Waals surface area contributed by atoms with Crippen LogP contribution in [0.25, 0.3) is 0 Å². The first-order valence-electron chi connectivity index (χ1n) is 4.47. The Labute approximate surface area is 80.0 Å². The van der Waals surface area contributed by atoms with Gasteiger partial charge in [-0.2, -0.15) is 0 Å².